The summed E-state index contributed by atoms with van der Waals surface area (Å²) >= 11 is 0. The molecular formula is C21H23N3O. The summed E-state index contributed by atoms with van der Waals surface area (Å²) in [6.45, 7) is 10.0. The van der Waals surface area contributed by atoms with Gasteiger partial charge in [0, 0.05) is 11.9 Å². The summed E-state index contributed by atoms with van der Waals surface area (Å²) in [6.07, 6.45) is 1.67. The van der Waals surface area contributed by atoms with E-state index in [0.29, 0.717) is 5.56 Å². The fourth-order valence-corrected chi connectivity index (χ4v) is 3.08. The zero-order valence-electron chi connectivity index (χ0n) is 15.3. The molecule has 0 aliphatic rings. The van der Waals surface area contributed by atoms with Gasteiger partial charge < -0.3 is 0 Å². The fourth-order valence-electron chi connectivity index (χ4n) is 3.08. The summed E-state index contributed by atoms with van der Waals surface area (Å²) in [5.41, 5.74) is 7.52. The molecule has 1 heterocycles. The Morgan fingerprint density at radius 3 is 2.28 bits per heavy atom. The molecule has 3 rings (SSSR count). The summed E-state index contributed by atoms with van der Waals surface area (Å²) < 4.78 is 1.59. The van der Waals surface area contributed by atoms with Crippen molar-refractivity contribution in [3.8, 4) is 5.69 Å². The lowest BCUT2D eigenvalue weighted by Crippen LogP contribution is -2.18. The second kappa shape index (κ2) is 6.55. The highest BCUT2D eigenvalue weighted by atomic mass is 16.1. The van der Waals surface area contributed by atoms with Gasteiger partial charge >= 0.3 is 0 Å². The van der Waals surface area contributed by atoms with Gasteiger partial charge in [-0.05, 0) is 57.4 Å². The number of para-hydroxylation sites is 1. The van der Waals surface area contributed by atoms with Crippen LogP contribution in [0.4, 0.5) is 5.69 Å². The van der Waals surface area contributed by atoms with Gasteiger partial charge in [0.25, 0.3) is 5.56 Å². The molecule has 128 valence electrons. The van der Waals surface area contributed by atoms with Crippen LogP contribution < -0.4 is 5.56 Å². The first-order valence-electron chi connectivity index (χ1n) is 8.38. The lowest BCUT2D eigenvalue weighted by atomic mass is 10.1. The number of H-pyrrole nitrogens is 1. The monoisotopic (exact) mass is 333 g/mol. The lowest BCUT2D eigenvalue weighted by Gasteiger charge is -2.06. The Bertz CT molecular complexity index is 1000. The number of aliphatic imine (C=N–C) groups is 1. The van der Waals surface area contributed by atoms with E-state index >= 15 is 0 Å². The van der Waals surface area contributed by atoms with Crippen molar-refractivity contribution in [2.24, 2.45) is 4.99 Å². The predicted octanol–water partition coefficient (Wildman–Crippen LogP) is 4.46. The maximum atomic E-state index is 12.9. The van der Waals surface area contributed by atoms with E-state index < -0.39 is 0 Å². The van der Waals surface area contributed by atoms with E-state index in [-0.39, 0.29) is 5.56 Å². The van der Waals surface area contributed by atoms with Crippen LogP contribution in [0.2, 0.25) is 0 Å². The fraction of sp³-hybridized carbons (Fsp3) is 0.238. The molecule has 4 heteroatoms. The van der Waals surface area contributed by atoms with Crippen molar-refractivity contribution < 1.29 is 0 Å². The smallest absolute Gasteiger partial charge is 0.280 e. The Balaban J connectivity index is 2.06. The molecule has 0 radical (unpaired) electrons. The molecule has 0 unspecified atom stereocenters. The van der Waals surface area contributed by atoms with Crippen LogP contribution in [0.1, 0.15) is 33.5 Å². The molecule has 0 aliphatic heterocycles. The molecule has 0 bridgehead atoms. The van der Waals surface area contributed by atoms with Crippen LogP contribution in [0.3, 0.4) is 0 Å². The Hall–Kier alpha value is -2.88. The topological polar surface area (TPSA) is 50.1 Å². The minimum atomic E-state index is -0.0839. The van der Waals surface area contributed by atoms with Gasteiger partial charge in [-0.25, -0.2) is 4.68 Å². The molecule has 0 fully saturated rings. The van der Waals surface area contributed by atoms with Crippen molar-refractivity contribution in [3.05, 3.63) is 80.3 Å². The predicted molar refractivity (Wildman–Crippen MR) is 104 cm³/mol. The third-order valence-corrected chi connectivity index (χ3v) is 4.47. The van der Waals surface area contributed by atoms with Crippen molar-refractivity contribution in [2.75, 3.05) is 0 Å². The molecule has 2 aromatic carbocycles. The van der Waals surface area contributed by atoms with Crippen molar-refractivity contribution in [1.29, 1.82) is 0 Å². The van der Waals surface area contributed by atoms with Gasteiger partial charge in [0.05, 0.1) is 16.9 Å². The first kappa shape index (κ1) is 17.0. The molecule has 3 aromatic rings. The first-order valence-corrected chi connectivity index (χ1v) is 8.38. The molecule has 1 aromatic heterocycles. The molecule has 0 saturated heterocycles. The quantitative estimate of drug-likeness (QED) is 0.707. The zero-order chi connectivity index (χ0) is 18.1. The van der Waals surface area contributed by atoms with Gasteiger partial charge in [-0.2, -0.15) is 0 Å². The van der Waals surface area contributed by atoms with Gasteiger partial charge in [0.15, 0.2) is 0 Å². The largest absolute Gasteiger partial charge is 0.295 e. The molecule has 0 saturated carbocycles. The number of aryl methyl sites for hydroxylation is 5. The maximum Gasteiger partial charge on any atom is 0.280 e. The normalized spacial score (nSPS) is 11.4. The number of rotatable bonds is 3. The number of nitrogens with one attached hydrogen (secondary N) is 1. The van der Waals surface area contributed by atoms with E-state index in [1.807, 2.05) is 65.0 Å². The number of aromatic nitrogens is 2. The number of hydrogen-bond donors (Lipinski definition) is 1. The molecule has 0 aliphatic carbocycles. The average Bonchev–Trinajstić information content (AvgIpc) is 2.82. The molecule has 1 N–H and O–H groups in total. The number of aromatic amines is 1. The van der Waals surface area contributed by atoms with E-state index in [4.69, 9.17) is 0 Å². The summed E-state index contributed by atoms with van der Waals surface area (Å²) in [5.74, 6) is 0. The summed E-state index contributed by atoms with van der Waals surface area (Å²) in [5, 5.41) is 3.17. The third kappa shape index (κ3) is 3.20. The molecule has 0 spiro atoms. The van der Waals surface area contributed by atoms with Crippen LogP contribution in [0.5, 0.6) is 0 Å². The number of hydrogen-bond acceptors (Lipinski definition) is 2. The maximum absolute atomic E-state index is 12.9. The van der Waals surface area contributed by atoms with Gasteiger partial charge in [0.1, 0.15) is 0 Å². The highest BCUT2D eigenvalue weighted by Gasteiger charge is 2.12. The Labute approximate surface area is 147 Å². The van der Waals surface area contributed by atoms with Gasteiger partial charge in [-0.1, -0.05) is 35.9 Å². The number of benzene rings is 2. The second-order valence-corrected chi connectivity index (χ2v) is 6.58. The summed E-state index contributed by atoms with van der Waals surface area (Å²) in [7, 11) is 0. The SMILES string of the molecule is Cc1ccc(-n2[nH]c(C)c(C=Nc3c(C)cccc3C)c2=O)c(C)c1. The molecule has 4 nitrogen and oxygen atoms in total. The van der Waals surface area contributed by atoms with Crippen LogP contribution in [0.15, 0.2) is 46.2 Å². The molecule has 0 atom stereocenters. The minimum Gasteiger partial charge on any atom is -0.295 e. The summed E-state index contributed by atoms with van der Waals surface area (Å²) in [4.78, 5) is 17.4. The average molecular weight is 333 g/mol. The van der Waals surface area contributed by atoms with Crippen LogP contribution in [0.25, 0.3) is 5.69 Å². The Morgan fingerprint density at radius 2 is 1.64 bits per heavy atom. The van der Waals surface area contributed by atoms with Crippen LogP contribution in [0, 0.1) is 34.6 Å². The van der Waals surface area contributed by atoms with E-state index in [9.17, 15) is 4.79 Å². The van der Waals surface area contributed by atoms with Crippen molar-refractivity contribution in [2.45, 2.75) is 34.6 Å². The minimum absolute atomic E-state index is 0.0839. The van der Waals surface area contributed by atoms with E-state index in [1.165, 1.54) is 5.56 Å². The van der Waals surface area contributed by atoms with Crippen molar-refractivity contribution >= 4 is 11.9 Å². The Kier molecular flexibility index (Phi) is 4.45. The van der Waals surface area contributed by atoms with Gasteiger partial charge in [0.2, 0.25) is 0 Å². The van der Waals surface area contributed by atoms with E-state index in [0.717, 1.165) is 33.8 Å². The zero-order valence-corrected chi connectivity index (χ0v) is 15.3. The van der Waals surface area contributed by atoms with Gasteiger partial charge in [-0.15, -0.1) is 0 Å². The Morgan fingerprint density at radius 1 is 0.960 bits per heavy atom. The highest BCUT2D eigenvalue weighted by molar-refractivity contribution is 5.83. The standard InChI is InChI=1S/C21H23N3O/c1-13-9-10-19(16(4)11-13)24-21(25)18(17(5)23-24)12-22-20-14(2)7-6-8-15(20)3/h6-12,23H,1-5H3. The van der Waals surface area contributed by atoms with Crippen LogP contribution in [-0.2, 0) is 0 Å². The van der Waals surface area contributed by atoms with E-state index in [2.05, 4.69) is 16.2 Å². The van der Waals surface area contributed by atoms with Crippen LogP contribution >= 0.6 is 0 Å². The molecular weight excluding hydrogens is 310 g/mol. The van der Waals surface area contributed by atoms with E-state index in [1.54, 1.807) is 10.9 Å². The lowest BCUT2D eigenvalue weighted by molar-refractivity contribution is 0.828. The first-order chi connectivity index (χ1) is 11.9. The van der Waals surface area contributed by atoms with Crippen molar-refractivity contribution in [3.63, 3.8) is 0 Å². The highest BCUT2D eigenvalue weighted by Crippen LogP contribution is 2.23. The number of nitrogens with zero attached hydrogens (tertiary/aromatic N) is 2. The summed E-state index contributed by atoms with van der Waals surface area (Å²) in [6, 6.07) is 12.1. The van der Waals surface area contributed by atoms with Gasteiger partial charge in [-0.3, -0.25) is 14.9 Å². The molecule has 25 heavy (non-hydrogen) atoms. The van der Waals surface area contributed by atoms with Crippen LogP contribution in [-0.4, -0.2) is 16.0 Å². The van der Waals surface area contributed by atoms with Crippen molar-refractivity contribution in [1.82, 2.24) is 9.78 Å². The molecule has 0 amide bonds. The second-order valence-electron chi connectivity index (χ2n) is 6.58. The third-order valence-electron chi connectivity index (χ3n) is 4.47.